The number of hydrogen-bond acceptors (Lipinski definition) is 5. The van der Waals surface area contributed by atoms with Crippen molar-refractivity contribution in [3.05, 3.63) is 65.7 Å². The number of ether oxygens (including phenoxy) is 1. The first-order valence-corrected chi connectivity index (χ1v) is 9.87. The molecule has 0 spiro atoms. The van der Waals surface area contributed by atoms with Gasteiger partial charge in [0.15, 0.2) is 6.23 Å². The highest BCUT2D eigenvalue weighted by Crippen LogP contribution is 2.34. The first kappa shape index (κ1) is 19.8. The Morgan fingerprint density at radius 1 is 1.00 bits per heavy atom. The van der Waals surface area contributed by atoms with Gasteiger partial charge in [0, 0.05) is 5.56 Å². The van der Waals surface area contributed by atoms with Crippen LogP contribution in [0.2, 0.25) is 0 Å². The SMILES string of the molecule is CN(C)CCCNCCCOC1NN(Cc2ccccc2)c2ccccc21. The number of para-hydroxylation sites is 1. The molecule has 0 saturated carbocycles. The van der Waals surface area contributed by atoms with E-state index >= 15 is 0 Å². The Balaban J connectivity index is 1.43. The van der Waals surface area contributed by atoms with Crippen LogP contribution < -0.4 is 15.8 Å². The van der Waals surface area contributed by atoms with Crippen molar-refractivity contribution < 1.29 is 4.74 Å². The summed E-state index contributed by atoms with van der Waals surface area (Å²) in [4.78, 5) is 2.22. The average molecular weight is 369 g/mol. The Labute approximate surface area is 163 Å². The van der Waals surface area contributed by atoms with Crippen LogP contribution >= 0.6 is 0 Å². The van der Waals surface area contributed by atoms with E-state index in [1.807, 2.05) is 0 Å². The standard InChI is InChI=1S/C22H32N4O/c1-25(2)16-8-14-23-15-9-17-27-22-20-12-6-7-13-21(20)26(24-22)18-19-10-4-3-5-11-19/h3-7,10-13,22-24H,8-9,14-18H2,1-2H3. The van der Waals surface area contributed by atoms with Gasteiger partial charge in [0.25, 0.3) is 0 Å². The molecule has 5 nitrogen and oxygen atoms in total. The molecule has 1 aliphatic heterocycles. The van der Waals surface area contributed by atoms with Crippen molar-refractivity contribution in [1.82, 2.24) is 15.6 Å². The highest BCUT2D eigenvalue weighted by atomic mass is 16.5. The fourth-order valence-corrected chi connectivity index (χ4v) is 3.30. The van der Waals surface area contributed by atoms with Crippen LogP contribution in [-0.4, -0.2) is 45.2 Å². The minimum absolute atomic E-state index is 0.0707. The maximum Gasteiger partial charge on any atom is 0.152 e. The molecule has 2 N–H and O–H groups in total. The van der Waals surface area contributed by atoms with E-state index < -0.39 is 0 Å². The lowest BCUT2D eigenvalue weighted by Gasteiger charge is -2.21. The van der Waals surface area contributed by atoms with Gasteiger partial charge in [-0.1, -0.05) is 48.5 Å². The summed E-state index contributed by atoms with van der Waals surface area (Å²) in [5.41, 5.74) is 7.21. The van der Waals surface area contributed by atoms with E-state index in [0.29, 0.717) is 0 Å². The van der Waals surface area contributed by atoms with Gasteiger partial charge in [-0.25, -0.2) is 5.43 Å². The number of anilines is 1. The molecule has 0 amide bonds. The molecule has 146 valence electrons. The molecule has 1 atom stereocenters. The third-order valence-corrected chi connectivity index (χ3v) is 4.71. The zero-order valence-electron chi connectivity index (χ0n) is 16.5. The molecule has 2 aromatic rings. The Hall–Kier alpha value is -1.92. The van der Waals surface area contributed by atoms with E-state index in [4.69, 9.17) is 4.74 Å². The summed E-state index contributed by atoms with van der Waals surface area (Å²) in [6.45, 7) is 4.75. The number of hydrogen-bond donors (Lipinski definition) is 2. The minimum Gasteiger partial charge on any atom is -0.357 e. The average Bonchev–Trinajstić information content (AvgIpc) is 3.02. The quantitative estimate of drug-likeness (QED) is 0.596. The third-order valence-electron chi connectivity index (χ3n) is 4.71. The number of fused-ring (bicyclic) bond motifs is 1. The van der Waals surface area contributed by atoms with Gasteiger partial charge in [0.1, 0.15) is 0 Å². The first-order chi connectivity index (χ1) is 13.2. The normalized spacial score (nSPS) is 16.1. The topological polar surface area (TPSA) is 39.8 Å². The summed E-state index contributed by atoms with van der Waals surface area (Å²) >= 11 is 0. The highest BCUT2D eigenvalue weighted by Gasteiger charge is 2.28. The molecule has 1 heterocycles. The monoisotopic (exact) mass is 368 g/mol. The zero-order chi connectivity index (χ0) is 18.9. The second kappa shape index (κ2) is 10.4. The molecular formula is C22H32N4O. The summed E-state index contributed by atoms with van der Waals surface area (Å²) in [5, 5.41) is 5.68. The van der Waals surface area contributed by atoms with Gasteiger partial charge in [-0.15, -0.1) is 0 Å². The first-order valence-electron chi connectivity index (χ1n) is 9.87. The largest absolute Gasteiger partial charge is 0.357 e. The van der Waals surface area contributed by atoms with Crippen LogP contribution in [0.25, 0.3) is 0 Å². The Morgan fingerprint density at radius 3 is 2.56 bits per heavy atom. The molecule has 0 aliphatic carbocycles. The smallest absolute Gasteiger partial charge is 0.152 e. The summed E-state index contributed by atoms with van der Waals surface area (Å²) in [6.07, 6.45) is 2.12. The lowest BCUT2D eigenvalue weighted by molar-refractivity contribution is 0.0328. The molecule has 1 aliphatic rings. The maximum atomic E-state index is 6.14. The van der Waals surface area contributed by atoms with Crippen molar-refractivity contribution in [3.8, 4) is 0 Å². The van der Waals surface area contributed by atoms with Crippen molar-refractivity contribution in [2.24, 2.45) is 0 Å². The van der Waals surface area contributed by atoms with Gasteiger partial charge in [-0.2, -0.15) is 0 Å². The Bertz CT molecular complexity index is 677. The number of nitrogens with zero attached hydrogens (tertiary/aromatic N) is 2. The maximum absolute atomic E-state index is 6.14. The van der Waals surface area contributed by atoms with Crippen molar-refractivity contribution in [2.45, 2.75) is 25.6 Å². The van der Waals surface area contributed by atoms with Crippen molar-refractivity contribution in [3.63, 3.8) is 0 Å². The Morgan fingerprint density at radius 2 is 1.74 bits per heavy atom. The molecule has 1 unspecified atom stereocenters. The molecule has 0 saturated heterocycles. The van der Waals surface area contributed by atoms with E-state index in [1.54, 1.807) is 0 Å². The second-order valence-corrected chi connectivity index (χ2v) is 7.27. The van der Waals surface area contributed by atoms with E-state index in [2.05, 4.69) is 89.3 Å². The molecule has 0 fully saturated rings. The predicted octanol–water partition coefficient (Wildman–Crippen LogP) is 3.16. The molecule has 0 radical (unpaired) electrons. The molecule has 3 rings (SSSR count). The number of nitrogens with one attached hydrogen (secondary N) is 2. The Kier molecular flexibility index (Phi) is 7.66. The summed E-state index contributed by atoms with van der Waals surface area (Å²) in [5.74, 6) is 0. The van der Waals surface area contributed by atoms with E-state index in [0.717, 1.165) is 39.2 Å². The van der Waals surface area contributed by atoms with Crippen LogP contribution in [-0.2, 0) is 11.3 Å². The minimum atomic E-state index is -0.0707. The van der Waals surface area contributed by atoms with Gasteiger partial charge in [-0.3, -0.25) is 0 Å². The van der Waals surface area contributed by atoms with E-state index in [9.17, 15) is 0 Å². The molecular weight excluding hydrogens is 336 g/mol. The van der Waals surface area contributed by atoms with Crippen LogP contribution in [0.4, 0.5) is 5.69 Å². The summed E-state index contributed by atoms with van der Waals surface area (Å²) in [7, 11) is 4.22. The highest BCUT2D eigenvalue weighted by molar-refractivity contribution is 5.57. The molecule has 2 aromatic carbocycles. The summed E-state index contributed by atoms with van der Waals surface area (Å²) in [6, 6.07) is 19.0. The number of hydrazine groups is 1. The van der Waals surface area contributed by atoms with Gasteiger partial charge in [-0.05, 0) is 58.2 Å². The van der Waals surface area contributed by atoms with Crippen LogP contribution in [0.5, 0.6) is 0 Å². The van der Waals surface area contributed by atoms with Gasteiger partial charge in [0.2, 0.25) is 0 Å². The van der Waals surface area contributed by atoms with Crippen molar-refractivity contribution in [1.29, 1.82) is 0 Å². The van der Waals surface area contributed by atoms with E-state index in [1.165, 1.54) is 23.2 Å². The molecule has 0 aromatic heterocycles. The summed E-state index contributed by atoms with van der Waals surface area (Å²) < 4.78 is 6.14. The van der Waals surface area contributed by atoms with Crippen LogP contribution in [0.15, 0.2) is 54.6 Å². The van der Waals surface area contributed by atoms with Crippen LogP contribution in [0.1, 0.15) is 30.2 Å². The van der Waals surface area contributed by atoms with Gasteiger partial charge in [0.05, 0.1) is 18.8 Å². The molecule has 5 heteroatoms. The van der Waals surface area contributed by atoms with Gasteiger partial charge >= 0.3 is 0 Å². The predicted molar refractivity (Wildman–Crippen MR) is 112 cm³/mol. The van der Waals surface area contributed by atoms with Crippen LogP contribution in [0, 0.1) is 0 Å². The lowest BCUT2D eigenvalue weighted by Crippen LogP contribution is -2.35. The van der Waals surface area contributed by atoms with Crippen molar-refractivity contribution in [2.75, 3.05) is 45.3 Å². The molecule has 27 heavy (non-hydrogen) atoms. The molecule has 0 bridgehead atoms. The van der Waals surface area contributed by atoms with Gasteiger partial charge < -0.3 is 20.0 Å². The fraction of sp³-hybridized carbons (Fsp3) is 0.455. The lowest BCUT2D eigenvalue weighted by atomic mass is 10.1. The van der Waals surface area contributed by atoms with Crippen LogP contribution in [0.3, 0.4) is 0 Å². The number of benzene rings is 2. The zero-order valence-corrected chi connectivity index (χ0v) is 16.5. The fourth-order valence-electron chi connectivity index (χ4n) is 3.30. The third kappa shape index (κ3) is 6.04. The van der Waals surface area contributed by atoms with E-state index in [-0.39, 0.29) is 6.23 Å². The van der Waals surface area contributed by atoms with Crippen molar-refractivity contribution >= 4 is 5.69 Å². The second-order valence-electron chi connectivity index (χ2n) is 7.27. The number of rotatable bonds is 11.